The molecule has 2 bridgehead atoms. The maximum absolute atomic E-state index is 13.0. The van der Waals surface area contributed by atoms with Crippen molar-refractivity contribution in [3.8, 4) is 0 Å². The van der Waals surface area contributed by atoms with E-state index in [1.165, 1.54) is 19.2 Å². The molecule has 4 heteroatoms. The number of carbonyl (C=O) groups is 1. The van der Waals surface area contributed by atoms with Gasteiger partial charge in [0, 0.05) is 5.92 Å². The molecule has 1 aromatic rings. The van der Waals surface area contributed by atoms with E-state index in [-0.39, 0.29) is 35.8 Å². The van der Waals surface area contributed by atoms with Gasteiger partial charge in [-0.25, -0.2) is 4.39 Å². The smallest absolute Gasteiger partial charge is 0.311 e. The van der Waals surface area contributed by atoms with Gasteiger partial charge in [-0.05, 0) is 37.0 Å². The summed E-state index contributed by atoms with van der Waals surface area (Å²) in [6.45, 7) is 0. The Kier molecular flexibility index (Phi) is 3.27. The molecule has 2 heterocycles. The lowest BCUT2D eigenvalue weighted by Gasteiger charge is -2.35. The fraction of sp³-hybridized carbons (Fsp3) is 0.533. The minimum atomic E-state index is -0.269. The lowest BCUT2D eigenvalue weighted by molar-refractivity contribution is -0.156. The van der Waals surface area contributed by atoms with Crippen LogP contribution in [0.1, 0.15) is 30.7 Å². The van der Waals surface area contributed by atoms with Gasteiger partial charge in [-0.1, -0.05) is 12.1 Å². The second-order valence-corrected chi connectivity index (χ2v) is 5.32. The van der Waals surface area contributed by atoms with E-state index in [0.717, 1.165) is 24.8 Å². The van der Waals surface area contributed by atoms with Crippen LogP contribution in [0.25, 0.3) is 0 Å². The van der Waals surface area contributed by atoms with E-state index in [0.29, 0.717) is 0 Å². The Hall–Kier alpha value is -1.42. The minimum absolute atomic E-state index is 0.0544. The third-order valence-electron chi connectivity index (χ3n) is 4.26. The molecule has 3 rings (SSSR count). The SMILES string of the molecule is COC(=O)C1C(c2ccc(F)cc2)CC2CC[C@@H]1O2. The second-order valence-electron chi connectivity index (χ2n) is 5.32. The highest BCUT2D eigenvalue weighted by atomic mass is 19.1. The van der Waals surface area contributed by atoms with Crippen molar-refractivity contribution < 1.29 is 18.7 Å². The fourth-order valence-corrected chi connectivity index (χ4v) is 3.37. The van der Waals surface area contributed by atoms with Crippen LogP contribution in [0, 0.1) is 11.7 Å². The van der Waals surface area contributed by atoms with Crippen LogP contribution < -0.4 is 0 Å². The zero-order chi connectivity index (χ0) is 13.4. The molecule has 0 amide bonds. The molecule has 1 aromatic carbocycles. The van der Waals surface area contributed by atoms with Crippen LogP contribution in [0.15, 0.2) is 24.3 Å². The number of esters is 1. The van der Waals surface area contributed by atoms with Crippen LogP contribution >= 0.6 is 0 Å². The Morgan fingerprint density at radius 2 is 2.05 bits per heavy atom. The molecule has 0 aromatic heterocycles. The Balaban J connectivity index is 1.92. The van der Waals surface area contributed by atoms with E-state index < -0.39 is 0 Å². The number of hydrogen-bond acceptors (Lipinski definition) is 3. The Labute approximate surface area is 111 Å². The topological polar surface area (TPSA) is 35.5 Å². The standard InChI is InChI=1S/C15H17FO3/c1-18-15(17)14-12(8-11-6-7-13(14)19-11)9-2-4-10(16)5-3-9/h2-5,11-14H,6-8H2,1H3/t11?,12?,13-,14?/m0/s1. The molecule has 19 heavy (non-hydrogen) atoms. The number of methoxy groups -OCH3 is 1. The molecule has 102 valence electrons. The van der Waals surface area contributed by atoms with E-state index in [2.05, 4.69) is 0 Å². The number of benzene rings is 1. The molecule has 2 aliphatic rings. The maximum atomic E-state index is 13.0. The van der Waals surface area contributed by atoms with E-state index in [1.54, 1.807) is 12.1 Å². The van der Waals surface area contributed by atoms with Gasteiger partial charge in [0.25, 0.3) is 0 Å². The summed E-state index contributed by atoms with van der Waals surface area (Å²) < 4.78 is 23.8. The molecule has 3 nitrogen and oxygen atoms in total. The van der Waals surface area contributed by atoms with Gasteiger partial charge >= 0.3 is 5.97 Å². The Morgan fingerprint density at radius 3 is 2.74 bits per heavy atom. The second kappa shape index (κ2) is 4.93. The highest BCUT2D eigenvalue weighted by molar-refractivity contribution is 5.74. The lowest BCUT2D eigenvalue weighted by atomic mass is 9.79. The molecule has 2 saturated heterocycles. The van der Waals surface area contributed by atoms with Crippen LogP contribution in [0.3, 0.4) is 0 Å². The van der Waals surface area contributed by atoms with Crippen molar-refractivity contribution in [1.82, 2.24) is 0 Å². The van der Waals surface area contributed by atoms with Crippen molar-refractivity contribution in [3.05, 3.63) is 35.6 Å². The first kappa shape index (κ1) is 12.6. The molecule has 3 unspecified atom stereocenters. The average Bonchev–Trinajstić information content (AvgIpc) is 2.80. The van der Waals surface area contributed by atoms with Gasteiger partial charge in [-0.15, -0.1) is 0 Å². The zero-order valence-electron chi connectivity index (χ0n) is 10.8. The number of rotatable bonds is 2. The summed E-state index contributed by atoms with van der Waals surface area (Å²) in [5.74, 6) is -0.679. The van der Waals surface area contributed by atoms with Crippen LogP contribution in [0.5, 0.6) is 0 Å². The predicted octanol–water partition coefficient (Wildman–Crippen LogP) is 2.65. The maximum Gasteiger partial charge on any atom is 0.311 e. The normalized spacial score (nSPS) is 33.2. The molecule has 0 saturated carbocycles. The molecule has 2 fully saturated rings. The van der Waals surface area contributed by atoms with Crippen molar-refractivity contribution >= 4 is 5.97 Å². The van der Waals surface area contributed by atoms with Crippen molar-refractivity contribution in [2.24, 2.45) is 5.92 Å². The quantitative estimate of drug-likeness (QED) is 0.770. The molecule has 4 atom stereocenters. The van der Waals surface area contributed by atoms with E-state index in [1.807, 2.05) is 0 Å². The molecule has 0 spiro atoms. The van der Waals surface area contributed by atoms with Gasteiger partial charge in [0.2, 0.25) is 0 Å². The molecule has 0 N–H and O–H groups in total. The van der Waals surface area contributed by atoms with Gasteiger partial charge < -0.3 is 9.47 Å². The summed E-state index contributed by atoms with van der Waals surface area (Å²) >= 11 is 0. The molecule has 0 radical (unpaired) electrons. The van der Waals surface area contributed by atoms with Crippen molar-refractivity contribution in [2.45, 2.75) is 37.4 Å². The monoisotopic (exact) mass is 264 g/mol. The van der Waals surface area contributed by atoms with Crippen molar-refractivity contribution in [3.63, 3.8) is 0 Å². The minimum Gasteiger partial charge on any atom is -0.469 e. The Bertz CT molecular complexity index is 471. The lowest BCUT2D eigenvalue weighted by Crippen LogP contribution is -2.39. The van der Waals surface area contributed by atoms with E-state index in [9.17, 15) is 9.18 Å². The average molecular weight is 264 g/mol. The van der Waals surface area contributed by atoms with Crippen LogP contribution in [-0.2, 0) is 14.3 Å². The van der Waals surface area contributed by atoms with E-state index >= 15 is 0 Å². The molecular weight excluding hydrogens is 247 g/mol. The highest BCUT2D eigenvalue weighted by Crippen LogP contribution is 2.45. The van der Waals surface area contributed by atoms with Gasteiger partial charge in [0.05, 0.1) is 25.2 Å². The summed E-state index contributed by atoms with van der Waals surface area (Å²) in [6, 6.07) is 6.42. The van der Waals surface area contributed by atoms with Crippen LogP contribution in [-0.4, -0.2) is 25.3 Å². The summed E-state index contributed by atoms with van der Waals surface area (Å²) in [7, 11) is 1.41. The molecule has 0 aliphatic carbocycles. The summed E-state index contributed by atoms with van der Waals surface area (Å²) in [5, 5.41) is 0. The first-order valence-corrected chi connectivity index (χ1v) is 6.68. The number of halogens is 1. The van der Waals surface area contributed by atoms with E-state index in [4.69, 9.17) is 9.47 Å². The third-order valence-corrected chi connectivity index (χ3v) is 4.26. The van der Waals surface area contributed by atoms with Crippen molar-refractivity contribution in [2.75, 3.05) is 7.11 Å². The molecule has 2 aliphatic heterocycles. The fourth-order valence-electron chi connectivity index (χ4n) is 3.37. The van der Waals surface area contributed by atoms with Gasteiger partial charge in [-0.3, -0.25) is 4.79 Å². The van der Waals surface area contributed by atoms with Gasteiger partial charge in [0.1, 0.15) is 5.82 Å². The van der Waals surface area contributed by atoms with Gasteiger partial charge in [-0.2, -0.15) is 0 Å². The number of carbonyl (C=O) groups excluding carboxylic acids is 1. The molecular formula is C15H17FO3. The predicted molar refractivity (Wildman–Crippen MR) is 67.2 cm³/mol. The first-order valence-electron chi connectivity index (χ1n) is 6.68. The number of fused-ring (bicyclic) bond motifs is 2. The van der Waals surface area contributed by atoms with Gasteiger partial charge in [0.15, 0.2) is 0 Å². The third kappa shape index (κ3) is 2.25. The zero-order valence-corrected chi connectivity index (χ0v) is 10.8. The van der Waals surface area contributed by atoms with Crippen LogP contribution in [0.4, 0.5) is 4.39 Å². The first-order chi connectivity index (χ1) is 9.19. The Morgan fingerprint density at radius 1 is 1.32 bits per heavy atom. The number of hydrogen-bond donors (Lipinski definition) is 0. The summed E-state index contributed by atoms with van der Waals surface area (Å²) in [4.78, 5) is 12.0. The summed E-state index contributed by atoms with van der Waals surface area (Å²) in [5.41, 5.74) is 0.997. The largest absolute Gasteiger partial charge is 0.469 e. The number of ether oxygens (including phenoxy) is 2. The summed E-state index contributed by atoms with van der Waals surface area (Å²) in [6.07, 6.45) is 2.88. The highest BCUT2D eigenvalue weighted by Gasteiger charge is 2.47. The van der Waals surface area contributed by atoms with Crippen molar-refractivity contribution in [1.29, 1.82) is 0 Å². The van der Waals surface area contributed by atoms with Crippen LogP contribution in [0.2, 0.25) is 0 Å².